The van der Waals surface area contributed by atoms with E-state index in [2.05, 4.69) is 6.92 Å². The zero-order valence-electron chi connectivity index (χ0n) is 15.3. The molecule has 0 aliphatic carbocycles. The summed E-state index contributed by atoms with van der Waals surface area (Å²) in [5.41, 5.74) is 0. The minimum absolute atomic E-state index is 0.337. The van der Waals surface area contributed by atoms with Gasteiger partial charge in [0.1, 0.15) is 0 Å². The number of thioether (sulfide) groups is 1. The van der Waals surface area contributed by atoms with Crippen molar-refractivity contribution in [3.05, 3.63) is 0 Å². The van der Waals surface area contributed by atoms with Gasteiger partial charge < -0.3 is 5.11 Å². The molecule has 0 saturated heterocycles. The highest BCUT2D eigenvalue weighted by Crippen LogP contribution is 2.14. The van der Waals surface area contributed by atoms with Gasteiger partial charge in [-0.2, -0.15) is 11.8 Å². The summed E-state index contributed by atoms with van der Waals surface area (Å²) < 4.78 is 0. The Kier molecular flexibility index (Phi) is 21.6. The summed E-state index contributed by atoms with van der Waals surface area (Å²) in [6.07, 6.45) is 23.0. The Morgan fingerprint density at radius 2 is 0.864 bits per heavy atom. The van der Waals surface area contributed by atoms with Crippen molar-refractivity contribution in [3.8, 4) is 0 Å². The number of aliphatic hydroxyl groups is 1. The SMILES string of the molecule is CCCCCCCCCCCCCCCCCCSCCO. The normalized spacial score (nSPS) is 11.2. The molecule has 0 bridgehead atoms. The Balaban J connectivity index is 2.91. The molecule has 0 aromatic heterocycles. The van der Waals surface area contributed by atoms with Crippen molar-refractivity contribution in [2.24, 2.45) is 0 Å². The zero-order valence-corrected chi connectivity index (χ0v) is 16.1. The summed E-state index contributed by atoms with van der Waals surface area (Å²) in [5, 5.41) is 8.68. The molecule has 134 valence electrons. The van der Waals surface area contributed by atoms with Crippen molar-refractivity contribution in [1.82, 2.24) is 0 Å². The highest BCUT2D eigenvalue weighted by Gasteiger charge is 1.94. The predicted octanol–water partition coefficient (Wildman–Crippen LogP) is 6.97. The second-order valence-corrected chi connectivity index (χ2v) is 7.86. The van der Waals surface area contributed by atoms with E-state index in [1.807, 2.05) is 11.8 Å². The Hall–Kier alpha value is 0.310. The Morgan fingerprint density at radius 3 is 1.23 bits per heavy atom. The molecular weight excluding hydrogens is 288 g/mol. The van der Waals surface area contributed by atoms with E-state index in [4.69, 9.17) is 5.11 Å². The molecule has 22 heavy (non-hydrogen) atoms. The van der Waals surface area contributed by atoms with Crippen LogP contribution in [0.15, 0.2) is 0 Å². The average molecular weight is 331 g/mol. The summed E-state index contributed by atoms with van der Waals surface area (Å²) in [4.78, 5) is 0. The van der Waals surface area contributed by atoms with Crippen molar-refractivity contribution in [3.63, 3.8) is 0 Å². The fourth-order valence-electron chi connectivity index (χ4n) is 2.92. The van der Waals surface area contributed by atoms with Crippen LogP contribution >= 0.6 is 11.8 Å². The smallest absolute Gasteiger partial charge is 0.0521 e. The van der Waals surface area contributed by atoms with Gasteiger partial charge in [-0.15, -0.1) is 0 Å². The first-order valence-corrected chi connectivity index (χ1v) is 11.3. The quantitative estimate of drug-likeness (QED) is 0.258. The molecule has 2 heteroatoms. The first-order valence-electron chi connectivity index (χ1n) is 10.1. The maximum Gasteiger partial charge on any atom is 0.0521 e. The lowest BCUT2D eigenvalue weighted by Gasteiger charge is -2.03. The number of unbranched alkanes of at least 4 members (excludes halogenated alkanes) is 15. The Morgan fingerprint density at radius 1 is 0.500 bits per heavy atom. The van der Waals surface area contributed by atoms with Crippen molar-refractivity contribution >= 4 is 11.8 Å². The molecule has 0 aliphatic rings. The highest BCUT2D eigenvalue weighted by atomic mass is 32.2. The third kappa shape index (κ3) is 20.3. The van der Waals surface area contributed by atoms with Gasteiger partial charge in [-0.1, -0.05) is 103 Å². The number of rotatable bonds is 19. The number of aliphatic hydroxyl groups excluding tert-OH is 1. The summed E-state index contributed by atoms with van der Waals surface area (Å²) in [6.45, 7) is 2.63. The maximum absolute atomic E-state index is 8.68. The van der Waals surface area contributed by atoms with Crippen molar-refractivity contribution < 1.29 is 5.11 Å². The van der Waals surface area contributed by atoms with Crippen LogP contribution in [0.3, 0.4) is 0 Å². The fraction of sp³-hybridized carbons (Fsp3) is 1.00. The third-order valence-corrected chi connectivity index (χ3v) is 5.43. The summed E-state index contributed by atoms with van der Waals surface area (Å²) in [5.74, 6) is 2.15. The molecule has 0 unspecified atom stereocenters. The van der Waals surface area contributed by atoms with Crippen LogP contribution in [-0.2, 0) is 0 Å². The molecule has 0 rings (SSSR count). The van der Waals surface area contributed by atoms with Gasteiger partial charge in [0.25, 0.3) is 0 Å². The average Bonchev–Trinajstić information content (AvgIpc) is 2.54. The number of hydrogen-bond acceptors (Lipinski definition) is 2. The minimum Gasteiger partial charge on any atom is -0.396 e. The molecular formula is C20H42OS. The topological polar surface area (TPSA) is 20.2 Å². The van der Waals surface area contributed by atoms with Gasteiger partial charge >= 0.3 is 0 Å². The van der Waals surface area contributed by atoms with Gasteiger partial charge in [0.2, 0.25) is 0 Å². The van der Waals surface area contributed by atoms with E-state index in [1.54, 1.807) is 0 Å². The van der Waals surface area contributed by atoms with Crippen LogP contribution in [0.25, 0.3) is 0 Å². The van der Waals surface area contributed by atoms with E-state index >= 15 is 0 Å². The van der Waals surface area contributed by atoms with Crippen LogP contribution in [0.2, 0.25) is 0 Å². The summed E-state index contributed by atoms with van der Waals surface area (Å²) in [7, 11) is 0. The molecule has 1 nitrogen and oxygen atoms in total. The lowest BCUT2D eigenvalue weighted by molar-refractivity contribution is 0.322. The number of hydrogen-bond donors (Lipinski definition) is 1. The molecule has 0 aromatic rings. The molecule has 0 aromatic carbocycles. The van der Waals surface area contributed by atoms with Crippen LogP contribution in [0.4, 0.5) is 0 Å². The molecule has 0 radical (unpaired) electrons. The van der Waals surface area contributed by atoms with Gasteiger partial charge in [-0.05, 0) is 12.2 Å². The molecule has 1 N–H and O–H groups in total. The molecule has 0 saturated carbocycles. The minimum atomic E-state index is 0.337. The van der Waals surface area contributed by atoms with Crippen molar-refractivity contribution in [1.29, 1.82) is 0 Å². The summed E-state index contributed by atoms with van der Waals surface area (Å²) in [6, 6.07) is 0. The van der Waals surface area contributed by atoms with Crippen LogP contribution in [-0.4, -0.2) is 23.2 Å². The highest BCUT2D eigenvalue weighted by molar-refractivity contribution is 7.99. The van der Waals surface area contributed by atoms with E-state index in [9.17, 15) is 0 Å². The van der Waals surface area contributed by atoms with Gasteiger partial charge in [0.05, 0.1) is 6.61 Å². The van der Waals surface area contributed by atoms with Crippen molar-refractivity contribution in [2.45, 2.75) is 110 Å². The van der Waals surface area contributed by atoms with E-state index in [0.29, 0.717) is 6.61 Å². The zero-order chi connectivity index (χ0) is 16.1. The van der Waals surface area contributed by atoms with Crippen LogP contribution < -0.4 is 0 Å². The van der Waals surface area contributed by atoms with E-state index in [0.717, 1.165) is 5.75 Å². The molecule has 0 amide bonds. The van der Waals surface area contributed by atoms with E-state index in [-0.39, 0.29) is 0 Å². The maximum atomic E-state index is 8.68. The fourth-order valence-corrected chi connectivity index (χ4v) is 3.66. The van der Waals surface area contributed by atoms with Gasteiger partial charge in [-0.25, -0.2) is 0 Å². The monoisotopic (exact) mass is 330 g/mol. The second-order valence-electron chi connectivity index (χ2n) is 6.64. The molecule has 0 spiro atoms. The third-order valence-electron chi connectivity index (χ3n) is 4.38. The molecule has 0 fully saturated rings. The Bertz CT molecular complexity index is 165. The first kappa shape index (κ1) is 22.3. The largest absolute Gasteiger partial charge is 0.396 e. The lowest BCUT2D eigenvalue weighted by atomic mass is 10.0. The Labute approximate surface area is 145 Å². The van der Waals surface area contributed by atoms with Gasteiger partial charge in [-0.3, -0.25) is 0 Å². The van der Waals surface area contributed by atoms with Crippen molar-refractivity contribution in [2.75, 3.05) is 18.1 Å². The van der Waals surface area contributed by atoms with Gasteiger partial charge in [0.15, 0.2) is 0 Å². The second kappa shape index (κ2) is 21.3. The lowest BCUT2D eigenvalue weighted by Crippen LogP contribution is -1.89. The summed E-state index contributed by atoms with van der Waals surface area (Å²) >= 11 is 1.89. The predicted molar refractivity (Wildman–Crippen MR) is 104 cm³/mol. The van der Waals surface area contributed by atoms with Crippen LogP contribution in [0.5, 0.6) is 0 Å². The van der Waals surface area contributed by atoms with Gasteiger partial charge in [0, 0.05) is 5.75 Å². The molecule has 0 heterocycles. The van der Waals surface area contributed by atoms with E-state index in [1.165, 1.54) is 108 Å². The molecule has 0 aliphatic heterocycles. The van der Waals surface area contributed by atoms with Crippen LogP contribution in [0, 0.1) is 0 Å². The van der Waals surface area contributed by atoms with Crippen LogP contribution in [0.1, 0.15) is 110 Å². The molecule has 0 atom stereocenters. The first-order chi connectivity index (χ1) is 10.9. The standard InChI is InChI=1S/C20H42OS/c1-2-3-4-5-6-7-8-9-10-11-12-13-14-15-16-17-19-22-20-18-21/h21H,2-20H2,1H3. The van der Waals surface area contributed by atoms with E-state index < -0.39 is 0 Å².